The van der Waals surface area contributed by atoms with Crippen molar-refractivity contribution in [3.8, 4) is 11.4 Å². The van der Waals surface area contributed by atoms with E-state index in [2.05, 4.69) is 56.6 Å². The minimum Gasteiger partial charge on any atom is -0.364 e. The molecule has 10 heteroatoms. The number of H-pyrrole nitrogens is 1. The van der Waals surface area contributed by atoms with E-state index in [-0.39, 0.29) is 11.6 Å². The van der Waals surface area contributed by atoms with Gasteiger partial charge in [-0.1, -0.05) is 13.8 Å². The summed E-state index contributed by atoms with van der Waals surface area (Å²) in [5, 5.41) is 3.39. The van der Waals surface area contributed by atoms with Gasteiger partial charge in [0, 0.05) is 61.8 Å². The lowest BCUT2D eigenvalue weighted by atomic mass is 10.1. The van der Waals surface area contributed by atoms with Gasteiger partial charge in [-0.25, -0.2) is 19.9 Å². The van der Waals surface area contributed by atoms with Crippen LogP contribution < -0.4 is 15.8 Å². The number of aryl methyl sites for hydroxylation is 2. The number of nitrogens with one attached hydrogen (secondary N) is 2. The first-order chi connectivity index (χ1) is 18.4. The Morgan fingerprint density at radius 1 is 1.05 bits per heavy atom. The largest absolute Gasteiger partial charge is 0.364 e. The van der Waals surface area contributed by atoms with Gasteiger partial charge in [0.15, 0.2) is 17.3 Å². The molecule has 1 fully saturated rings. The molecule has 0 radical (unpaired) electrons. The minimum absolute atomic E-state index is 0.0909. The van der Waals surface area contributed by atoms with Gasteiger partial charge in [-0.2, -0.15) is 0 Å². The highest BCUT2D eigenvalue weighted by molar-refractivity contribution is 5.85. The molecular formula is C28H37N9O. The van der Waals surface area contributed by atoms with E-state index < -0.39 is 0 Å². The number of hydrogen-bond acceptors (Lipinski definition) is 8. The Morgan fingerprint density at radius 3 is 2.47 bits per heavy atom. The maximum absolute atomic E-state index is 12.6. The average Bonchev–Trinajstić information content (AvgIpc) is 3.33. The highest BCUT2D eigenvalue weighted by Crippen LogP contribution is 2.28. The molecule has 5 heterocycles. The number of likely N-dealkylation sites (N-methyl/N-ethyl adjacent to an activating group) is 1. The third-order valence-corrected chi connectivity index (χ3v) is 7.52. The molecule has 4 aromatic rings. The van der Waals surface area contributed by atoms with Crippen LogP contribution in [0.15, 0.2) is 35.5 Å². The second-order valence-corrected chi connectivity index (χ2v) is 10.2. The third kappa shape index (κ3) is 5.13. The molecule has 38 heavy (non-hydrogen) atoms. The summed E-state index contributed by atoms with van der Waals surface area (Å²) in [5.41, 5.74) is 4.70. The zero-order chi connectivity index (χ0) is 26.8. The second kappa shape index (κ2) is 10.9. The number of imidazole rings is 1. The standard InChI is InChI=1S/C28H37N9O/c1-6-21(7-2)37-17-31-24-26(30-16-22-18(3)14-19(4)32-28(22)38)33-25(34-27(24)37)20-8-9-23(29-15-20)36-12-10-35(5)11-13-36/h8-9,14-15,17,21H,6-7,10-13,16H2,1-5H3,(H,32,38)(H,30,33,34). The normalized spacial score (nSPS) is 14.5. The van der Waals surface area contributed by atoms with Crippen molar-refractivity contribution < 1.29 is 0 Å². The molecule has 5 rings (SSSR count). The molecule has 0 aromatic carbocycles. The maximum Gasteiger partial charge on any atom is 0.253 e. The van der Waals surface area contributed by atoms with Gasteiger partial charge in [-0.05, 0) is 57.5 Å². The predicted octanol–water partition coefficient (Wildman–Crippen LogP) is 3.92. The van der Waals surface area contributed by atoms with Crippen LogP contribution in [-0.2, 0) is 6.54 Å². The minimum atomic E-state index is -0.0909. The molecule has 200 valence electrons. The van der Waals surface area contributed by atoms with Crippen LogP contribution in [0.2, 0.25) is 0 Å². The molecule has 2 N–H and O–H groups in total. The number of piperazine rings is 1. The number of pyridine rings is 2. The molecule has 0 amide bonds. The van der Waals surface area contributed by atoms with Crippen molar-refractivity contribution >= 4 is 22.8 Å². The molecule has 1 saturated heterocycles. The molecule has 1 aliphatic heterocycles. The fourth-order valence-corrected chi connectivity index (χ4v) is 5.13. The monoisotopic (exact) mass is 515 g/mol. The van der Waals surface area contributed by atoms with Crippen molar-refractivity contribution in [1.82, 2.24) is 34.4 Å². The van der Waals surface area contributed by atoms with Gasteiger partial charge in [-0.3, -0.25) is 4.79 Å². The van der Waals surface area contributed by atoms with Crippen molar-refractivity contribution in [3.63, 3.8) is 0 Å². The van der Waals surface area contributed by atoms with E-state index in [0.717, 1.165) is 67.3 Å². The number of aromatic amines is 1. The second-order valence-electron chi connectivity index (χ2n) is 10.2. The molecule has 0 aliphatic carbocycles. The topological polar surface area (TPSA) is 108 Å². The SMILES string of the molecule is CCC(CC)n1cnc2c(NCc3c(C)cc(C)[nH]c3=O)nc(-c3ccc(N4CCN(C)CC4)nc3)nc21. The van der Waals surface area contributed by atoms with Crippen LogP contribution in [0.5, 0.6) is 0 Å². The van der Waals surface area contributed by atoms with E-state index in [1.165, 1.54) is 0 Å². The number of nitrogens with zero attached hydrogens (tertiary/aromatic N) is 7. The molecule has 10 nitrogen and oxygen atoms in total. The molecular weight excluding hydrogens is 478 g/mol. The Labute approximate surface area is 223 Å². The quantitative estimate of drug-likeness (QED) is 0.364. The van der Waals surface area contributed by atoms with E-state index in [1.807, 2.05) is 38.5 Å². The Bertz CT molecular complexity index is 1460. The fourth-order valence-electron chi connectivity index (χ4n) is 5.13. The van der Waals surface area contributed by atoms with Crippen molar-refractivity contribution in [2.45, 2.75) is 53.1 Å². The third-order valence-electron chi connectivity index (χ3n) is 7.52. The van der Waals surface area contributed by atoms with Gasteiger partial charge in [0.05, 0.1) is 6.33 Å². The summed E-state index contributed by atoms with van der Waals surface area (Å²) in [6.45, 7) is 12.5. The van der Waals surface area contributed by atoms with Crippen LogP contribution in [0.25, 0.3) is 22.6 Å². The zero-order valence-corrected chi connectivity index (χ0v) is 23.0. The molecule has 0 saturated carbocycles. The molecule has 1 aliphatic rings. The van der Waals surface area contributed by atoms with Crippen LogP contribution in [0, 0.1) is 13.8 Å². The first-order valence-electron chi connectivity index (χ1n) is 13.5. The summed E-state index contributed by atoms with van der Waals surface area (Å²) in [7, 11) is 2.15. The molecule has 4 aromatic heterocycles. The smallest absolute Gasteiger partial charge is 0.253 e. The highest BCUT2D eigenvalue weighted by atomic mass is 16.1. The van der Waals surface area contributed by atoms with Gasteiger partial charge in [0.25, 0.3) is 5.56 Å². The van der Waals surface area contributed by atoms with Crippen molar-refractivity contribution in [1.29, 1.82) is 0 Å². The van der Waals surface area contributed by atoms with Crippen molar-refractivity contribution in [2.75, 3.05) is 43.4 Å². The number of anilines is 2. The van der Waals surface area contributed by atoms with Crippen LogP contribution in [0.1, 0.15) is 49.6 Å². The summed E-state index contributed by atoms with van der Waals surface area (Å²) in [5.74, 6) is 2.16. The Kier molecular flexibility index (Phi) is 7.42. The van der Waals surface area contributed by atoms with Gasteiger partial charge >= 0.3 is 0 Å². The summed E-state index contributed by atoms with van der Waals surface area (Å²) >= 11 is 0. The van der Waals surface area contributed by atoms with Crippen LogP contribution in [0.3, 0.4) is 0 Å². The number of hydrogen-bond donors (Lipinski definition) is 2. The Morgan fingerprint density at radius 2 is 1.82 bits per heavy atom. The molecule has 0 spiro atoms. The van der Waals surface area contributed by atoms with Crippen LogP contribution in [0.4, 0.5) is 11.6 Å². The lowest BCUT2D eigenvalue weighted by Crippen LogP contribution is -2.44. The van der Waals surface area contributed by atoms with Gasteiger partial charge in [0.1, 0.15) is 11.3 Å². The maximum atomic E-state index is 12.6. The van der Waals surface area contributed by atoms with Gasteiger partial charge < -0.3 is 24.7 Å². The zero-order valence-electron chi connectivity index (χ0n) is 23.0. The number of rotatable bonds is 8. The van der Waals surface area contributed by atoms with E-state index >= 15 is 0 Å². The summed E-state index contributed by atoms with van der Waals surface area (Å²) in [6.07, 6.45) is 5.66. The molecule has 0 atom stereocenters. The van der Waals surface area contributed by atoms with Crippen LogP contribution in [-0.4, -0.2) is 67.6 Å². The fraction of sp³-hybridized carbons (Fsp3) is 0.464. The van der Waals surface area contributed by atoms with E-state index in [9.17, 15) is 4.79 Å². The van der Waals surface area contributed by atoms with Crippen molar-refractivity contribution in [2.24, 2.45) is 0 Å². The highest BCUT2D eigenvalue weighted by Gasteiger charge is 2.20. The van der Waals surface area contributed by atoms with Gasteiger partial charge in [0.2, 0.25) is 0 Å². The lowest BCUT2D eigenvalue weighted by molar-refractivity contribution is 0.312. The van der Waals surface area contributed by atoms with E-state index in [1.54, 1.807) is 0 Å². The van der Waals surface area contributed by atoms with Crippen molar-refractivity contribution in [3.05, 3.63) is 57.9 Å². The van der Waals surface area contributed by atoms with Crippen LogP contribution >= 0.6 is 0 Å². The summed E-state index contributed by atoms with van der Waals surface area (Å²) in [6, 6.07) is 6.36. The first-order valence-corrected chi connectivity index (χ1v) is 13.5. The van der Waals surface area contributed by atoms with E-state index in [0.29, 0.717) is 29.3 Å². The lowest BCUT2D eigenvalue weighted by Gasteiger charge is -2.33. The molecule has 0 bridgehead atoms. The number of aromatic nitrogens is 6. The summed E-state index contributed by atoms with van der Waals surface area (Å²) < 4.78 is 2.14. The first kappa shape index (κ1) is 25.8. The predicted molar refractivity (Wildman–Crippen MR) is 152 cm³/mol. The summed E-state index contributed by atoms with van der Waals surface area (Å²) in [4.78, 5) is 39.4. The van der Waals surface area contributed by atoms with Gasteiger partial charge in [-0.15, -0.1) is 0 Å². The Balaban J connectivity index is 1.52. The van der Waals surface area contributed by atoms with E-state index in [4.69, 9.17) is 15.0 Å². The average molecular weight is 516 g/mol. The molecule has 0 unspecified atom stereocenters. The Hall–Kier alpha value is -3.79. The number of fused-ring (bicyclic) bond motifs is 1.